The molecular formula is C14H14F3N3O2S2. The maximum atomic E-state index is 12.5. The van der Waals surface area contributed by atoms with Gasteiger partial charge in [0.2, 0.25) is 10.0 Å². The molecule has 0 aromatic carbocycles. The van der Waals surface area contributed by atoms with Crippen LogP contribution < -0.4 is 4.72 Å². The number of rotatable bonds is 5. The summed E-state index contributed by atoms with van der Waals surface area (Å²) in [6.45, 7) is 1.87. The number of nitrogens with one attached hydrogen (secondary N) is 1. The molecular weight excluding hydrogens is 363 g/mol. The average molecular weight is 377 g/mol. The number of nitrogens with zero attached hydrogens (tertiary/aromatic N) is 2. The van der Waals surface area contributed by atoms with Crippen molar-refractivity contribution in [1.82, 2.24) is 14.7 Å². The van der Waals surface area contributed by atoms with E-state index in [1.807, 2.05) is 6.92 Å². The number of hydrogen-bond acceptors (Lipinski definition) is 5. The van der Waals surface area contributed by atoms with Gasteiger partial charge < -0.3 is 0 Å². The molecule has 1 aliphatic rings. The summed E-state index contributed by atoms with van der Waals surface area (Å²) in [7, 11) is -3.98. The average Bonchev–Trinajstić information content (AvgIpc) is 3.26. The van der Waals surface area contributed by atoms with Crippen molar-refractivity contribution in [3.63, 3.8) is 0 Å². The minimum Gasteiger partial charge on any atom is -0.250 e. The molecule has 2 heterocycles. The zero-order valence-corrected chi connectivity index (χ0v) is 14.2. The third kappa shape index (κ3) is 3.76. The van der Waals surface area contributed by atoms with Crippen molar-refractivity contribution in [1.29, 1.82) is 0 Å². The molecule has 3 rings (SSSR count). The topological polar surface area (TPSA) is 72.0 Å². The normalized spacial score (nSPS) is 17.0. The third-order valence-electron chi connectivity index (χ3n) is 3.62. The Labute approximate surface area is 141 Å². The number of pyridine rings is 1. The molecule has 1 aliphatic carbocycles. The summed E-state index contributed by atoms with van der Waals surface area (Å²) < 4.78 is 65.1. The summed E-state index contributed by atoms with van der Waals surface area (Å²) in [6.07, 6.45) is -0.440. The van der Waals surface area contributed by atoms with E-state index in [4.69, 9.17) is 0 Å². The van der Waals surface area contributed by atoms with E-state index < -0.39 is 27.9 Å². The largest absolute Gasteiger partial charge is 0.433 e. The van der Waals surface area contributed by atoms with E-state index in [-0.39, 0.29) is 10.8 Å². The maximum Gasteiger partial charge on any atom is 0.433 e. The SMILES string of the molecule is Cc1cnc([C@@H](NS(=O)(=O)c2ccc(C(F)(F)F)nc2)C2CC2)s1. The molecule has 1 N–H and O–H groups in total. The second-order valence-electron chi connectivity index (χ2n) is 5.62. The summed E-state index contributed by atoms with van der Waals surface area (Å²) in [6, 6.07) is 1.11. The molecule has 0 radical (unpaired) electrons. The number of sulfonamides is 1. The van der Waals surface area contributed by atoms with Gasteiger partial charge in [-0.2, -0.15) is 13.2 Å². The monoisotopic (exact) mass is 377 g/mol. The summed E-state index contributed by atoms with van der Waals surface area (Å²) in [4.78, 5) is 8.10. The molecule has 2 aromatic heterocycles. The first kappa shape index (κ1) is 17.3. The van der Waals surface area contributed by atoms with Gasteiger partial charge >= 0.3 is 6.18 Å². The van der Waals surface area contributed by atoms with Crippen molar-refractivity contribution in [2.45, 2.75) is 36.9 Å². The first-order valence-corrected chi connectivity index (χ1v) is 9.45. The Morgan fingerprint density at radius 2 is 1.96 bits per heavy atom. The first-order chi connectivity index (χ1) is 11.2. The highest BCUT2D eigenvalue weighted by molar-refractivity contribution is 7.89. The second kappa shape index (κ2) is 6.08. The fourth-order valence-electron chi connectivity index (χ4n) is 2.24. The van der Waals surface area contributed by atoms with Gasteiger partial charge in [-0.15, -0.1) is 11.3 Å². The molecule has 1 saturated carbocycles. The molecule has 5 nitrogen and oxygen atoms in total. The number of thiazole rings is 1. The van der Waals surface area contributed by atoms with Crippen LogP contribution in [0.3, 0.4) is 0 Å². The fraction of sp³-hybridized carbons (Fsp3) is 0.429. The van der Waals surface area contributed by atoms with Gasteiger partial charge in [-0.1, -0.05) is 0 Å². The Kier molecular flexibility index (Phi) is 4.39. The molecule has 0 bridgehead atoms. The highest BCUT2D eigenvalue weighted by Gasteiger charge is 2.38. The first-order valence-electron chi connectivity index (χ1n) is 7.15. The third-order valence-corrected chi connectivity index (χ3v) is 6.04. The fourth-order valence-corrected chi connectivity index (χ4v) is 4.44. The summed E-state index contributed by atoms with van der Waals surface area (Å²) >= 11 is 1.40. The van der Waals surface area contributed by atoms with Gasteiger partial charge in [0.05, 0.1) is 6.04 Å². The molecule has 1 fully saturated rings. The quantitative estimate of drug-likeness (QED) is 0.868. The van der Waals surface area contributed by atoms with Crippen molar-refractivity contribution < 1.29 is 21.6 Å². The van der Waals surface area contributed by atoms with Gasteiger partial charge in [-0.05, 0) is 37.8 Å². The van der Waals surface area contributed by atoms with E-state index in [0.29, 0.717) is 11.1 Å². The molecule has 0 amide bonds. The van der Waals surface area contributed by atoms with Crippen molar-refractivity contribution in [3.8, 4) is 0 Å². The minimum atomic E-state index is -4.61. The van der Waals surface area contributed by atoms with Gasteiger partial charge in [0, 0.05) is 17.3 Å². The Bertz CT molecular complexity index is 828. The van der Waals surface area contributed by atoms with Crippen LogP contribution in [0.15, 0.2) is 29.4 Å². The molecule has 2 aromatic rings. The second-order valence-corrected chi connectivity index (χ2v) is 8.60. The number of aryl methyl sites for hydroxylation is 1. The smallest absolute Gasteiger partial charge is 0.250 e. The van der Waals surface area contributed by atoms with E-state index >= 15 is 0 Å². The minimum absolute atomic E-state index is 0.160. The Hall–Kier alpha value is -1.52. The molecule has 0 aliphatic heterocycles. The lowest BCUT2D eigenvalue weighted by Gasteiger charge is -2.16. The van der Waals surface area contributed by atoms with Crippen LogP contribution in [0.2, 0.25) is 0 Å². The Morgan fingerprint density at radius 3 is 2.42 bits per heavy atom. The summed E-state index contributed by atoms with van der Waals surface area (Å²) in [5.74, 6) is 0.160. The van der Waals surface area contributed by atoms with Gasteiger partial charge in [0.1, 0.15) is 15.6 Å². The lowest BCUT2D eigenvalue weighted by Crippen LogP contribution is -2.30. The zero-order chi connectivity index (χ0) is 17.5. The van der Waals surface area contributed by atoms with Crippen LogP contribution >= 0.6 is 11.3 Å². The van der Waals surface area contributed by atoms with Crippen LogP contribution in [0, 0.1) is 12.8 Å². The van der Waals surface area contributed by atoms with Crippen LogP contribution in [0.5, 0.6) is 0 Å². The van der Waals surface area contributed by atoms with Crippen LogP contribution in [-0.2, 0) is 16.2 Å². The number of aromatic nitrogens is 2. The van der Waals surface area contributed by atoms with Crippen LogP contribution in [-0.4, -0.2) is 18.4 Å². The Balaban J connectivity index is 1.84. The maximum absolute atomic E-state index is 12.5. The molecule has 0 saturated heterocycles. The summed E-state index contributed by atoms with van der Waals surface area (Å²) in [5, 5.41) is 0.665. The predicted molar refractivity (Wildman–Crippen MR) is 81.9 cm³/mol. The lowest BCUT2D eigenvalue weighted by molar-refractivity contribution is -0.141. The zero-order valence-electron chi connectivity index (χ0n) is 12.5. The van der Waals surface area contributed by atoms with Gasteiger partial charge in [-0.25, -0.2) is 18.1 Å². The standard InChI is InChI=1S/C14H14F3N3O2S2/c1-8-6-19-13(23-8)12(9-2-3-9)20-24(21,22)10-4-5-11(18-7-10)14(15,16)17/h4-7,9,12,20H,2-3H2,1H3/t12-/m0/s1. The number of halogens is 3. The predicted octanol–water partition coefficient (Wildman–Crippen LogP) is 3.29. The van der Waals surface area contributed by atoms with E-state index in [1.165, 1.54) is 11.3 Å². The van der Waals surface area contributed by atoms with E-state index in [0.717, 1.165) is 30.0 Å². The molecule has 24 heavy (non-hydrogen) atoms. The molecule has 130 valence electrons. The van der Waals surface area contributed by atoms with E-state index in [1.54, 1.807) is 6.20 Å². The van der Waals surface area contributed by atoms with Crippen LogP contribution in [0.4, 0.5) is 13.2 Å². The van der Waals surface area contributed by atoms with Crippen LogP contribution in [0.25, 0.3) is 0 Å². The van der Waals surface area contributed by atoms with Crippen molar-refractivity contribution in [3.05, 3.63) is 40.1 Å². The Morgan fingerprint density at radius 1 is 1.25 bits per heavy atom. The highest BCUT2D eigenvalue weighted by atomic mass is 32.2. The number of hydrogen-bond donors (Lipinski definition) is 1. The van der Waals surface area contributed by atoms with Crippen molar-refractivity contribution in [2.24, 2.45) is 5.92 Å². The van der Waals surface area contributed by atoms with Crippen LogP contribution in [0.1, 0.15) is 34.5 Å². The van der Waals surface area contributed by atoms with Gasteiger partial charge in [-0.3, -0.25) is 4.98 Å². The molecule has 1 atom stereocenters. The highest BCUT2D eigenvalue weighted by Crippen LogP contribution is 2.42. The lowest BCUT2D eigenvalue weighted by atomic mass is 10.2. The van der Waals surface area contributed by atoms with Gasteiger partial charge in [0.15, 0.2) is 0 Å². The van der Waals surface area contributed by atoms with Gasteiger partial charge in [0.25, 0.3) is 0 Å². The van der Waals surface area contributed by atoms with E-state index in [2.05, 4.69) is 14.7 Å². The molecule has 0 spiro atoms. The van der Waals surface area contributed by atoms with E-state index in [9.17, 15) is 21.6 Å². The summed E-state index contributed by atoms with van der Waals surface area (Å²) in [5.41, 5.74) is -1.13. The van der Waals surface area contributed by atoms with Crippen molar-refractivity contribution >= 4 is 21.4 Å². The molecule has 10 heteroatoms. The molecule has 0 unspecified atom stereocenters. The number of alkyl halides is 3. The van der Waals surface area contributed by atoms with Crippen molar-refractivity contribution in [2.75, 3.05) is 0 Å².